The zero-order chi connectivity index (χ0) is 15.7. The maximum Gasteiger partial charge on any atom is 0.224 e. The van der Waals surface area contributed by atoms with E-state index in [-0.39, 0.29) is 11.7 Å². The van der Waals surface area contributed by atoms with Gasteiger partial charge in [-0.15, -0.1) is 0 Å². The molecule has 0 spiro atoms. The van der Waals surface area contributed by atoms with Gasteiger partial charge >= 0.3 is 0 Å². The first-order valence-corrected chi connectivity index (χ1v) is 7.47. The minimum atomic E-state index is -0.797. The lowest BCUT2D eigenvalue weighted by atomic mass is 9.91. The highest BCUT2D eigenvalue weighted by Crippen LogP contribution is 2.32. The first kappa shape index (κ1) is 14.7. The van der Waals surface area contributed by atoms with E-state index in [9.17, 15) is 14.3 Å². The molecular formula is C18H18FNO2. The quantitative estimate of drug-likeness (QED) is 0.913. The summed E-state index contributed by atoms with van der Waals surface area (Å²) in [4.78, 5) is 11.6. The van der Waals surface area contributed by atoms with Crippen LogP contribution in [0.4, 0.5) is 10.1 Å². The topological polar surface area (TPSA) is 49.3 Å². The number of aryl methyl sites for hydroxylation is 2. The summed E-state index contributed by atoms with van der Waals surface area (Å²) in [5, 5.41) is 13.5. The van der Waals surface area contributed by atoms with Gasteiger partial charge in [0, 0.05) is 12.1 Å². The zero-order valence-corrected chi connectivity index (χ0v) is 12.4. The number of halogens is 1. The Balaban J connectivity index is 2.00. The minimum absolute atomic E-state index is 0.0361. The second kappa shape index (κ2) is 5.89. The largest absolute Gasteiger partial charge is 0.384 e. The molecule has 114 valence electrons. The number of rotatable bonds is 3. The Hall–Kier alpha value is -2.20. The predicted molar refractivity (Wildman–Crippen MR) is 83.2 cm³/mol. The molecule has 2 aromatic rings. The fourth-order valence-electron chi connectivity index (χ4n) is 2.88. The molecule has 0 radical (unpaired) electrons. The van der Waals surface area contributed by atoms with Crippen LogP contribution in [0.1, 0.15) is 41.7 Å². The maximum absolute atomic E-state index is 13.0. The van der Waals surface area contributed by atoms with Crippen LogP contribution in [0.3, 0.4) is 0 Å². The second-order valence-corrected chi connectivity index (χ2v) is 5.57. The van der Waals surface area contributed by atoms with E-state index in [0.29, 0.717) is 18.4 Å². The Morgan fingerprint density at radius 2 is 1.91 bits per heavy atom. The van der Waals surface area contributed by atoms with Gasteiger partial charge in [-0.2, -0.15) is 0 Å². The number of hydrogen-bond acceptors (Lipinski definition) is 2. The lowest BCUT2D eigenvalue weighted by Crippen LogP contribution is -2.21. The molecule has 3 rings (SSSR count). The van der Waals surface area contributed by atoms with Crippen LogP contribution in [0, 0.1) is 5.82 Å². The van der Waals surface area contributed by atoms with Crippen molar-refractivity contribution in [2.45, 2.75) is 32.3 Å². The van der Waals surface area contributed by atoms with Gasteiger partial charge in [-0.3, -0.25) is 4.79 Å². The molecule has 1 unspecified atom stereocenters. The maximum atomic E-state index is 13.0. The molecule has 22 heavy (non-hydrogen) atoms. The third-order valence-electron chi connectivity index (χ3n) is 4.09. The summed E-state index contributed by atoms with van der Waals surface area (Å²) >= 11 is 0. The van der Waals surface area contributed by atoms with E-state index in [1.54, 1.807) is 12.1 Å². The summed E-state index contributed by atoms with van der Waals surface area (Å²) in [7, 11) is 0. The van der Waals surface area contributed by atoms with Crippen molar-refractivity contribution in [1.29, 1.82) is 0 Å². The summed E-state index contributed by atoms with van der Waals surface area (Å²) in [5.74, 6) is -0.285. The van der Waals surface area contributed by atoms with E-state index in [1.165, 1.54) is 12.1 Å². The number of amides is 1. The Bertz CT molecular complexity index is 693. The van der Waals surface area contributed by atoms with Crippen molar-refractivity contribution < 1.29 is 14.3 Å². The summed E-state index contributed by atoms with van der Waals surface area (Å²) < 4.78 is 13.0. The number of aliphatic hydroxyl groups excluding tert-OH is 1. The number of hydrogen-bond donors (Lipinski definition) is 2. The number of fused-ring (bicyclic) bond motifs is 1. The van der Waals surface area contributed by atoms with Crippen molar-refractivity contribution in [2.24, 2.45) is 0 Å². The minimum Gasteiger partial charge on any atom is -0.384 e. The van der Waals surface area contributed by atoms with Gasteiger partial charge in [0.15, 0.2) is 0 Å². The van der Waals surface area contributed by atoms with E-state index >= 15 is 0 Å². The first-order valence-electron chi connectivity index (χ1n) is 7.47. The van der Waals surface area contributed by atoms with Crippen LogP contribution >= 0.6 is 0 Å². The van der Waals surface area contributed by atoms with Crippen molar-refractivity contribution >= 4 is 11.6 Å². The van der Waals surface area contributed by atoms with E-state index in [2.05, 4.69) is 5.32 Å². The number of nitrogens with one attached hydrogen (secondary N) is 1. The highest BCUT2D eigenvalue weighted by molar-refractivity contribution is 5.95. The highest BCUT2D eigenvalue weighted by Gasteiger charge is 2.21. The lowest BCUT2D eigenvalue weighted by molar-refractivity contribution is -0.116. The number of anilines is 1. The molecule has 0 saturated carbocycles. The molecule has 1 aliphatic heterocycles. The Kier molecular flexibility index (Phi) is 3.94. The molecule has 1 heterocycles. The fourth-order valence-corrected chi connectivity index (χ4v) is 2.88. The van der Waals surface area contributed by atoms with Gasteiger partial charge in [-0.1, -0.05) is 31.2 Å². The van der Waals surface area contributed by atoms with Crippen LogP contribution in [0.15, 0.2) is 36.4 Å². The van der Waals surface area contributed by atoms with E-state index in [0.717, 1.165) is 28.8 Å². The number of benzene rings is 2. The summed E-state index contributed by atoms with van der Waals surface area (Å²) in [6, 6.07) is 9.72. The normalized spacial score (nSPS) is 15.1. The number of carbonyl (C=O) groups excluding carboxylic acids is 1. The van der Waals surface area contributed by atoms with Crippen molar-refractivity contribution in [1.82, 2.24) is 0 Å². The lowest BCUT2D eigenvalue weighted by Gasteiger charge is -2.23. The van der Waals surface area contributed by atoms with Gasteiger partial charge in [-0.25, -0.2) is 4.39 Å². The molecule has 0 saturated heterocycles. The van der Waals surface area contributed by atoms with Gasteiger partial charge in [0.2, 0.25) is 5.91 Å². The van der Waals surface area contributed by atoms with Gasteiger partial charge < -0.3 is 10.4 Å². The molecule has 0 aliphatic carbocycles. The Morgan fingerprint density at radius 1 is 1.18 bits per heavy atom. The van der Waals surface area contributed by atoms with Crippen LogP contribution in [-0.2, 0) is 17.6 Å². The molecule has 2 aromatic carbocycles. The van der Waals surface area contributed by atoms with Crippen LogP contribution < -0.4 is 5.32 Å². The Morgan fingerprint density at radius 3 is 2.59 bits per heavy atom. The van der Waals surface area contributed by atoms with E-state index in [1.807, 2.05) is 19.1 Å². The van der Waals surface area contributed by atoms with Crippen molar-refractivity contribution in [3.05, 3.63) is 64.5 Å². The standard InChI is InChI=1S/C18H18FNO2/c1-2-11-9-14(10-13-5-8-16(21)20-17(11)13)18(22)12-3-6-15(19)7-4-12/h3-4,6-7,9-10,18,22H,2,5,8H2,1H3,(H,20,21). The van der Waals surface area contributed by atoms with E-state index in [4.69, 9.17) is 0 Å². The van der Waals surface area contributed by atoms with Crippen molar-refractivity contribution in [3.8, 4) is 0 Å². The smallest absolute Gasteiger partial charge is 0.224 e. The summed E-state index contributed by atoms with van der Waals surface area (Å²) in [5.41, 5.74) is 4.38. The first-order chi connectivity index (χ1) is 10.6. The van der Waals surface area contributed by atoms with Crippen LogP contribution in [-0.4, -0.2) is 11.0 Å². The third-order valence-corrected chi connectivity index (χ3v) is 4.09. The van der Waals surface area contributed by atoms with Crippen LogP contribution in [0.25, 0.3) is 0 Å². The van der Waals surface area contributed by atoms with Gasteiger partial charge in [-0.05, 0) is 47.2 Å². The molecule has 0 fully saturated rings. The van der Waals surface area contributed by atoms with E-state index < -0.39 is 6.10 Å². The van der Waals surface area contributed by atoms with Gasteiger partial charge in [0.05, 0.1) is 0 Å². The second-order valence-electron chi connectivity index (χ2n) is 5.57. The average molecular weight is 299 g/mol. The fraction of sp³-hybridized carbons (Fsp3) is 0.278. The molecule has 0 aromatic heterocycles. The molecule has 2 N–H and O–H groups in total. The molecule has 1 atom stereocenters. The molecule has 1 amide bonds. The Labute approximate surface area is 128 Å². The van der Waals surface area contributed by atoms with Gasteiger partial charge in [0.25, 0.3) is 0 Å². The van der Waals surface area contributed by atoms with Crippen LogP contribution in [0.5, 0.6) is 0 Å². The monoisotopic (exact) mass is 299 g/mol. The average Bonchev–Trinajstić information content (AvgIpc) is 2.54. The zero-order valence-electron chi connectivity index (χ0n) is 12.4. The highest BCUT2D eigenvalue weighted by atomic mass is 19.1. The summed E-state index contributed by atoms with van der Waals surface area (Å²) in [6.07, 6.45) is 1.12. The van der Waals surface area contributed by atoms with Crippen molar-refractivity contribution in [2.75, 3.05) is 5.32 Å². The summed E-state index contributed by atoms with van der Waals surface area (Å²) in [6.45, 7) is 2.02. The van der Waals surface area contributed by atoms with Crippen LogP contribution in [0.2, 0.25) is 0 Å². The van der Waals surface area contributed by atoms with Gasteiger partial charge in [0.1, 0.15) is 11.9 Å². The molecule has 3 nitrogen and oxygen atoms in total. The third kappa shape index (κ3) is 2.74. The number of carbonyl (C=O) groups is 1. The van der Waals surface area contributed by atoms with Crippen molar-refractivity contribution in [3.63, 3.8) is 0 Å². The molecular weight excluding hydrogens is 281 g/mol. The molecule has 0 bridgehead atoms. The predicted octanol–water partition coefficient (Wildman–Crippen LogP) is 3.35. The molecule has 1 aliphatic rings. The number of aliphatic hydroxyl groups is 1. The SMILES string of the molecule is CCc1cc(C(O)c2ccc(F)cc2)cc2c1NC(=O)CC2. The molecule has 4 heteroatoms.